The summed E-state index contributed by atoms with van der Waals surface area (Å²) in [6.45, 7) is 1.59. The minimum Gasteiger partial charge on any atom is -0.479 e. The molecule has 1 aromatic rings. The van der Waals surface area contributed by atoms with Crippen molar-refractivity contribution in [1.82, 2.24) is 4.98 Å². The predicted octanol–water partition coefficient (Wildman–Crippen LogP) is 1.55. The molecular weight excluding hydrogens is 308 g/mol. The molecule has 0 fully saturated rings. The molecule has 1 rings (SSSR count). The molecule has 0 aliphatic carbocycles. The van der Waals surface area contributed by atoms with E-state index in [1.807, 2.05) is 6.07 Å². The Kier molecular flexibility index (Phi) is 6.86. The van der Waals surface area contributed by atoms with E-state index in [0.717, 1.165) is 0 Å². The summed E-state index contributed by atoms with van der Waals surface area (Å²) >= 11 is 6.12. The summed E-state index contributed by atoms with van der Waals surface area (Å²) in [4.78, 5) is 19.2. The third-order valence-corrected chi connectivity index (χ3v) is 2.71. The zero-order valence-corrected chi connectivity index (χ0v) is 12.9. The molecule has 1 aromatic heterocycles. The summed E-state index contributed by atoms with van der Waals surface area (Å²) in [5.74, 6) is -0.457. The normalized spacial score (nSPS) is 11.3. The number of halogens is 1. The first-order valence-corrected chi connectivity index (χ1v) is 6.68. The van der Waals surface area contributed by atoms with Crippen LogP contribution in [0.25, 0.3) is 5.57 Å². The smallest absolute Gasteiger partial charge is 0.344 e. The average Bonchev–Trinajstić information content (AvgIpc) is 2.51. The standard InChI is InChI=1S/C14H15ClN4O3/c1-3-21-13(20)8-22-12-4-10(15)14(19-11(12)6-17)9(5-16)7-18-2/h4-5,7H,3,8,16H2,1-2H3/b9-5+,18-7?. The SMILES string of the molecule is CCOC(=O)COc1cc(Cl)c(/C(C=NC)=C/N)nc1C#N. The highest BCUT2D eigenvalue weighted by molar-refractivity contribution is 6.33. The second-order valence-electron chi connectivity index (χ2n) is 3.88. The van der Waals surface area contributed by atoms with Crippen LogP contribution in [-0.4, -0.2) is 37.4 Å². The van der Waals surface area contributed by atoms with Gasteiger partial charge in [0.05, 0.1) is 17.3 Å². The monoisotopic (exact) mass is 322 g/mol. The summed E-state index contributed by atoms with van der Waals surface area (Å²) in [7, 11) is 1.57. The predicted molar refractivity (Wildman–Crippen MR) is 82.7 cm³/mol. The third kappa shape index (κ3) is 4.46. The average molecular weight is 323 g/mol. The Morgan fingerprint density at radius 1 is 1.64 bits per heavy atom. The van der Waals surface area contributed by atoms with Gasteiger partial charge in [-0.25, -0.2) is 9.78 Å². The summed E-state index contributed by atoms with van der Waals surface area (Å²) in [5, 5.41) is 9.37. The molecule has 22 heavy (non-hydrogen) atoms. The Morgan fingerprint density at radius 3 is 2.91 bits per heavy atom. The lowest BCUT2D eigenvalue weighted by molar-refractivity contribution is -0.145. The molecule has 8 heteroatoms. The number of nitrogens with two attached hydrogens (primary N) is 1. The number of rotatable bonds is 6. The molecule has 0 saturated heterocycles. The van der Waals surface area contributed by atoms with Gasteiger partial charge in [-0.2, -0.15) is 5.26 Å². The topological polar surface area (TPSA) is 111 Å². The Morgan fingerprint density at radius 2 is 2.36 bits per heavy atom. The van der Waals surface area contributed by atoms with Gasteiger partial charge in [-0.05, 0) is 6.92 Å². The number of allylic oxidation sites excluding steroid dienone is 1. The van der Waals surface area contributed by atoms with Crippen molar-refractivity contribution in [2.45, 2.75) is 6.92 Å². The van der Waals surface area contributed by atoms with Gasteiger partial charge in [0.1, 0.15) is 6.07 Å². The Labute approximate surface area is 133 Å². The molecule has 0 saturated carbocycles. The molecular formula is C14H15ClN4O3. The van der Waals surface area contributed by atoms with E-state index >= 15 is 0 Å². The van der Waals surface area contributed by atoms with Gasteiger partial charge in [-0.3, -0.25) is 4.99 Å². The van der Waals surface area contributed by atoms with Crippen LogP contribution in [0.4, 0.5) is 0 Å². The molecule has 0 radical (unpaired) electrons. The van der Waals surface area contributed by atoms with Crippen LogP contribution in [0.3, 0.4) is 0 Å². The second kappa shape index (κ2) is 8.64. The molecule has 7 nitrogen and oxygen atoms in total. The van der Waals surface area contributed by atoms with Crippen LogP contribution >= 0.6 is 11.6 Å². The minimum absolute atomic E-state index is 0.0208. The lowest BCUT2D eigenvalue weighted by Crippen LogP contribution is -2.15. The molecule has 0 spiro atoms. The molecule has 1 heterocycles. The van der Waals surface area contributed by atoms with Crippen molar-refractivity contribution in [1.29, 1.82) is 5.26 Å². The van der Waals surface area contributed by atoms with Crippen LogP contribution in [-0.2, 0) is 9.53 Å². The summed E-state index contributed by atoms with van der Waals surface area (Å²) in [6.07, 6.45) is 2.75. The zero-order chi connectivity index (χ0) is 16.5. The number of nitrogens with zero attached hydrogens (tertiary/aromatic N) is 3. The number of carbonyl (C=O) groups excluding carboxylic acids is 1. The molecule has 2 N–H and O–H groups in total. The number of aromatic nitrogens is 1. The summed E-state index contributed by atoms with van der Waals surface area (Å²) in [5.41, 5.74) is 6.23. The molecule has 0 aliphatic rings. The number of esters is 1. The Balaban J connectivity index is 3.11. The molecule has 0 bridgehead atoms. The first kappa shape index (κ1) is 17.5. The van der Waals surface area contributed by atoms with Gasteiger partial charge in [0.25, 0.3) is 0 Å². The van der Waals surface area contributed by atoms with Gasteiger partial charge < -0.3 is 15.2 Å². The number of hydrogen-bond acceptors (Lipinski definition) is 7. The lowest BCUT2D eigenvalue weighted by atomic mass is 10.2. The number of nitriles is 1. The van der Waals surface area contributed by atoms with Gasteiger partial charge >= 0.3 is 5.97 Å². The van der Waals surface area contributed by atoms with E-state index in [4.69, 9.17) is 32.1 Å². The van der Waals surface area contributed by atoms with E-state index in [2.05, 4.69) is 9.98 Å². The first-order valence-electron chi connectivity index (χ1n) is 6.30. The van der Waals surface area contributed by atoms with Crippen LogP contribution in [0.2, 0.25) is 5.02 Å². The third-order valence-electron chi connectivity index (χ3n) is 2.42. The molecule has 0 atom stereocenters. The van der Waals surface area contributed by atoms with E-state index in [0.29, 0.717) is 11.3 Å². The van der Waals surface area contributed by atoms with E-state index in [1.165, 1.54) is 18.5 Å². The number of carbonyl (C=O) groups is 1. The summed E-state index contributed by atoms with van der Waals surface area (Å²) < 4.78 is 9.96. The van der Waals surface area contributed by atoms with Gasteiger partial charge in [0.2, 0.25) is 0 Å². The highest BCUT2D eigenvalue weighted by Gasteiger charge is 2.15. The van der Waals surface area contributed by atoms with Gasteiger partial charge in [-0.1, -0.05) is 11.6 Å². The maximum atomic E-state index is 11.3. The van der Waals surface area contributed by atoms with Crippen LogP contribution in [0, 0.1) is 11.3 Å². The van der Waals surface area contributed by atoms with E-state index in [1.54, 1.807) is 14.0 Å². The van der Waals surface area contributed by atoms with Gasteiger partial charge in [-0.15, -0.1) is 0 Å². The van der Waals surface area contributed by atoms with Crippen molar-refractivity contribution in [3.8, 4) is 11.8 Å². The number of aliphatic imine (C=N–C) groups is 1. The minimum atomic E-state index is -0.549. The first-order chi connectivity index (χ1) is 10.6. The lowest BCUT2D eigenvalue weighted by Gasteiger charge is -2.10. The summed E-state index contributed by atoms with van der Waals surface area (Å²) in [6, 6.07) is 3.28. The largest absolute Gasteiger partial charge is 0.479 e. The fraction of sp³-hybridized carbons (Fsp3) is 0.286. The quantitative estimate of drug-likeness (QED) is 0.628. The van der Waals surface area contributed by atoms with Crippen molar-refractivity contribution in [3.63, 3.8) is 0 Å². The van der Waals surface area contributed by atoms with Crippen LogP contribution in [0.1, 0.15) is 18.3 Å². The van der Waals surface area contributed by atoms with Gasteiger partial charge in [0.15, 0.2) is 18.1 Å². The van der Waals surface area contributed by atoms with Crippen molar-refractivity contribution < 1.29 is 14.3 Å². The fourth-order valence-corrected chi connectivity index (χ4v) is 1.78. The van der Waals surface area contributed by atoms with Gasteiger partial charge in [0, 0.05) is 31.1 Å². The van der Waals surface area contributed by atoms with E-state index in [-0.39, 0.29) is 29.7 Å². The highest BCUT2D eigenvalue weighted by atomic mass is 35.5. The second-order valence-corrected chi connectivity index (χ2v) is 4.29. The number of ether oxygens (including phenoxy) is 2. The number of hydrogen-bond donors (Lipinski definition) is 1. The molecule has 0 aromatic carbocycles. The number of pyridine rings is 1. The van der Waals surface area contributed by atoms with Crippen molar-refractivity contribution in [3.05, 3.63) is 28.7 Å². The van der Waals surface area contributed by atoms with E-state index in [9.17, 15) is 4.79 Å². The molecule has 116 valence electrons. The highest BCUT2D eigenvalue weighted by Crippen LogP contribution is 2.27. The van der Waals surface area contributed by atoms with Crippen molar-refractivity contribution >= 4 is 29.4 Å². The Hall–Kier alpha value is -2.59. The van der Waals surface area contributed by atoms with Crippen LogP contribution < -0.4 is 10.5 Å². The fourth-order valence-electron chi connectivity index (χ4n) is 1.53. The molecule has 0 aliphatic heterocycles. The van der Waals surface area contributed by atoms with Crippen LogP contribution in [0.5, 0.6) is 5.75 Å². The van der Waals surface area contributed by atoms with Crippen molar-refractivity contribution in [2.75, 3.05) is 20.3 Å². The molecule has 0 amide bonds. The maximum Gasteiger partial charge on any atom is 0.344 e. The van der Waals surface area contributed by atoms with Crippen LogP contribution in [0.15, 0.2) is 17.3 Å². The van der Waals surface area contributed by atoms with Crippen molar-refractivity contribution in [2.24, 2.45) is 10.7 Å². The molecule has 0 unspecified atom stereocenters. The maximum absolute atomic E-state index is 11.3. The Bertz CT molecular complexity index is 650. The zero-order valence-electron chi connectivity index (χ0n) is 12.2. The van der Waals surface area contributed by atoms with E-state index < -0.39 is 5.97 Å².